The molecule has 4 heteroatoms. The zero-order valence-electron chi connectivity index (χ0n) is 9.66. The van der Waals surface area contributed by atoms with Gasteiger partial charge in [0.1, 0.15) is 11.6 Å². The maximum Gasteiger partial charge on any atom is 0.128 e. The molecule has 0 aliphatic rings. The van der Waals surface area contributed by atoms with Crippen molar-refractivity contribution in [2.75, 3.05) is 7.11 Å². The molecule has 2 aromatic carbocycles. The Bertz CT molecular complexity index is 542. The Morgan fingerprint density at radius 3 is 2.44 bits per heavy atom. The Labute approximate surface area is 119 Å². The van der Waals surface area contributed by atoms with Crippen molar-refractivity contribution in [3.63, 3.8) is 0 Å². The van der Waals surface area contributed by atoms with E-state index in [0.29, 0.717) is 5.56 Å². The molecule has 0 aliphatic heterocycles. The molecular formula is C14H11BrClFO. The fourth-order valence-electron chi connectivity index (χ4n) is 1.66. The fourth-order valence-corrected chi connectivity index (χ4v) is 2.35. The second-order valence-corrected chi connectivity index (χ2v) is 5.15. The van der Waals surface area contributed by atoms with Gasteiger partial charge in [-0.15, -0.1) is 11.6 Å². The van der Waals surface area contributed by atoms with Crippen LogP contribution >= 0.6 is 27.5 Å². The van der Waals surface area contributed by atoms with E-state index in [2.05, 4.69) is 15.9 Å². The van der Waals surface area contributed by atoms with E-state index in [-0.39, 0.29) is 5.82 Å². The van der Waals surface area contributed by atoms with Crippen molar-refractivity contribution in [2.45, 2.75) is 5.38 Å². The predicted octanol–water partition coefficient (Wildman–Crippen LogP) is 4.93. The van der Waals surface area contributed by atoms with Crippen LogP contribution in [-0.4, -0.2) is 7.11 Å². The molecule has 0 aromatic heterocycles. The molecular weight excluding hydrogens is 319 g/mol. The number of rotatable bonds is 3. The average Bonchev–Trinajstić information content (AvgIpc) is 2.41. The number of hydrogen-bond donors (Lipinski definition) is 0. The molecule has 0 spiro atoms. The van der Waals surface area contributed by atoms with Crippen LogP contribution in [0.4, 0.5) is 4.39 Å². The normalized spacial score (nSPS) is 12.2. The summed E-state index contributed by atoms with van der Waals surface area (Å²) in [7, 11) is 1.60. The van der Waals surface area contributed by atoms with Crippen molar-refractivity contribution < 1.29 is 9.13 Å². The molecule has 18 heavy (non-hydrogen) atoms. The number of halogens is 3. The third-order valence-corrected chi connectivity index (χ3v) is 3.62. The molecule has 0 amide bonds. The summed E-state index contributed by atoms with van der Waals surface area (Å²) in [6, 6.07) is 12.0. The number of ether oxygens (including phenoxy) is 1. The van der Waals surface area contributed by atoms with Gasteiger partial charge in [0.15, 0.2) is 0 Å². The molecule has 2 rings (SSSR count). The first-order chi connectivity index (χ1) is 8.61. The van der Waals surface area contributed by atoms with Gasteiger partial charge in [-0.3, -0.25) is 0 Å². The summed E-state index contributed by atoms with van der Waals surface area (Å²) in [4.78, 5) is 0. The third-order valence-electron chi connectivity index (χ3n) is 2.64. The SMILES string of the molecule is COc1ccc(C(Cl)c2cc(Br)ccc2F)cc1. The van der Waals surface area contributed by atoms with Crippen LogP contribution in [0.25, 0.3) is 0 Å². The fraction of sp³-hybridized carbons (Fsp3) is 0.143. The van der Waals surface area contributed by atoms with Crippen molar-refractivity contribution in [3.8, 4) is 5.75 Å². The van der Waals surface area contributed by atoms with Crippen LogP contribution in [0.15, 0.2) is 46.9 Å². The van der Waals surface area contributed by atoms with Crippen molar-refractivity contribution in [2.24, 2.45) is 0 Å². The number of alkyl halides is 1. The van der Waals surface area contributed by atoms with Crippen LogP contribution < -0.4 is 4.74 Å². The van der Waals surface area contributed by atoms with Gasteiger partial charge in [-0.2, -0.15) is 0 Å². The molecule has 0 saturated heterocycles. The van der Waals surface area contributed by atoms with Gasteiger partial charge in [-0.25, -0.2) is 4.39 Å². The van der Waals surface area contributed by atoms with E-state index in [1.165, 1.54) is 6.07 Å². The third kappa shape index (κ3) is 2.85. The van der Waals surface area contributed by atoms with Crippen molar-refractivity contribution in [3.05, 3.63) is 63.9 Å². The van der Waals surface area contributed by atoms with Gasteiger partial charge in [0, 0.05) is 10.0 Å². The first-order valence-corrected chi connectivity index (χ1v) is 6.57. The predicted molar refractivity (Wildman–Crippen MR) is 74.8 cm³/mol. The van der Waals surface area contributed by atoms with Gasteiger partial charge in [0.05, 0.1) is 12.5 Å². The number of methoxy groups -OCH3 is 1. The molecule has 94 valence electrons. The lowest BCUT2D eigenvalue weighted by molar-refractivity contribution is 0.414. The van der Waals surface area contributed by atoms with Gasteiger partial charge in [-0.05, 0) is 35.9 Å². The molecule has 2 aromatic rings. The van der Waals surface area contributed by atoms with Crippen LogP contribution in [-0.2, 0) is 0 Å². The minimum Gasteiger partial charge on any atom is -0.497 e. The van der Waals surface area contributed by atoms with Crippen LogP contribution in [0, 0.1) is 5.82 Å². The van der Waals surface area contributed by atoms with Crippen LogP contribution in [0.2, 0.25) is 0 Å². The highest BCUT2D eigenvalue weighted by Crippen LogP contribution is 2.33. The summed E-state index contributed by atoms with van der Waals surface area (Å²) in [6.45, 7) is 0. The zero-order chi connectivity index (χ0) is 13.1. The van der Waals surface area contributed by atoms with Crippen molar-refractivity contribution in [1.82, 2.24) is 0 Å². The summed E-state index contributed by atoms with van der Waals surface area (Å²) in [5.41, 5.74) is 1.28. The van der Waals surface area contributed by atoms with Gasteiger partial charge < -0.3 is 4.74 Å². The zero-order valence-corrected chi connectivity index (χ0v) is 12.0. The van der Waals surface area contributed by atoms with E-state index in [9.17, 15) is 4.39 Å². The van der Waals surface area contributed by atoms with Gasteiger partial charge >= 0.3 is 0 Å². The summed E-state index contributed by atoms with van der Waals surface area (Å²) < 4.78 is 19.6. The lowest BCUT2D eigenvalue weighted by atomic mass is 10.0. The van der Waals surface area contributed by atoms with E-state index in [0.717, 1.165) is 15.8 Å². The first kappa shape index (κ1) is 13.4. The maximum atomic E-state index is 13.7. The average molecular weight is 330 g/mol. The summed E-state index contributed by atoms with van der Waals surface area (Å²) >= 11 is 9.62. The largest absolute Gasteiger partial charge is 0.497 e. The van der Waals surface area contributed by atoms with Gasteiger partial charge in [0.2, 0.25) is 0 Å². The highest BCUT2D eigenvalue weighted by molar-refractivity contribution is 9.10. The maximum absolute atomic E-state index is 13.7. The molecule has 0 fully saturated rings. The van der Waals surface area contributed by atoms with E-state index < -0.39 is 5.38 Å². The standard InChI is InChI=1S/C14H11BrClFO/c1-18-11-5-2-9(3-6-11)14(16)12-8-10(15)4-7-13(12)17/h2-8,14H,1H3. The Kier molecular flexibility index (Phi) is 4.25. The molecule has 1 unspecified atom stereocenters. The quantitative estimate of drug-likeness (QED) is 0.726. The Morgan fingerprint density at radius 1 is 1.17 bits per heavy atom. The van der Waals surface area contributed by atoms with E-state index in [1.54, 1.807) is 31.4 Å². The van der Waals surface area contributed by atoms with E-state index >= 15 is 0 Å². The lowest BCUT2D eigenvalue weighted by Gasteiger charge is -2.12. The van der Waals surface area contributed by atoms with Gasteiger partial charge in [-0.1, -0.05) is 28.1 Å². The van der Waals surface area contributed by atoms with E-state index in [4.69, 9.17) is 16.3 Å². The number of hydrogen-bond acceptors (Lipinski definition) is 1. The Hall–Kier alpha value is -1.06. The molecule has 0 radical (unpaired) electrons. The molecule has 0 N–H and O–H groups in total. The summed E-state index contributed by atoms with van der Waals surface area (Å²) in [5, 5.41) is -0.520. The minimum atomic E-state index is -0.520. The first-order valence-electron chi connectivity index (χ1n) is 5.35. The summed E-state index contributed by atoms with van der Waals surface area (Å²) in [5.74, 6) is 0.436. The van der Waals surface area contributed by atoms with E-state index in [1.807, 2.05) is 12.1 Å². The van der Waals surface area contributed by atoms with Crippen LogP contribution in [0.3, 0.4) is 0 Å². The monoisotopic (exact) mass is 328 g/mol. The van der Waals surface area contributed by atoms with Crippen molar-refractivity contribution >= 4 is 27.5 Å². The second kappa shape index (κ2) is 5.72. The highest BCUT2D eigenvalue weighted by atomic mass is 79.9. The van der Waals surface area contributed by atoms with Crippen LogP contribution in [0.1, 0.15) is 16.5 Å². The molecule has 0 aliphatic carbocycles. The smallest absolute Gasteiger partial charge is 0.128 e. The Balaban J connectivity index is 2.34. The molecule has 1 atom stereocenters. The lowest BCUT2D eigenvalue weighted by Crippen LogP contribution is -1.97. The minimum absolute atomic E-state index is 0.311. The second-order valence-electron chi connectivity index (χ2n) is 3.80. The Morgan fingerprint density at radius 2 is 1.83 bits per heavy atom. The number of benzene rings is 2. The topological polar surface area (TPSA) is 9.23 Å². The molecule has 1 nitrogen and oxygen atoms in total. The highest BCUT2D eigenvalue weighted by Gasteiger charge is 2.15. The van der Waals surface area contributed by atoms with Gasteiger partial charge in [0.25, 0.3) is 0 Å². The van der Waals surface area contributed by atoms with Crippen molar-refractivity contribution in [1.29, 1.82) is 0 Å². The molecule has 0 heterocycles. The molecule has 0 bridgehead atoms. The van der Waals surface area contributed by atoms with Crippen LogP contribution in [0.5, 0.6) is 5.75 Å². The summed E-state index contributed by atoms with van der Waals surface area (Å²) in [6.07, 6.45) is 0. The molecule has 0 saturated carbocycles.